The van der Waals surface area contributed by atoms with Crippen molar-refractivity contribution in [1.29, 1.82) is 0 Å². The van der Waals surface area contributed by atoms with Crippen LogP contribution in [-0.4, -0.2) is 61.0 Å². The van der Waals surface area contributed by atoms with E-state index in [9.17, 15) is 9.59 Å². The summed E-state index contributed by atoms with van der Waals surface area (Å²) in [4.78, 5) is 31.7. The van der Waals surface area contributed by atoms with Crippen LogP contribution in [0, 0.1) is 0 Å². The molecule has 2 saturated heterocycles. The van der Waals surface area contributed by atoms with E-state index in [1.165, 1.54) is 0 Å². The third-order valence-corrected chi connectivity index (χ3v) is 7.45. The summed E-state index contributed by atoms with van der Waals surface area (Å²) in [6, 6.07) is 26.5. The van der Waals surface area contributed by atoms with E-state index < -0.39 is 24.1 Å². The lowest BCUT2D eigenvalue weighted by atomic mass is 10.1. The molecule has 2 aliphatic heterocycles. The van der Waals surface area contributed by atoms with Crippen LogP contribution in [0.1, 0.15) is 69.7 Å². The number of ether oxygens (including phenoxy) is 2. The molecule has 2 atom stereocenters. The van der Waals surface area contributed by atoms with Gasteiger partial charge in [0.15, 0.2) is 0 Å². The zero-order valence-electron chi connectivity index (χ0n) is 21.8. The highest BCUT2D eigenvalue weighted by molar-refractivity contribution is 6.03. The zero-order chi connectivity index (χ0) is 26.2. The monoisotopic (exact) mass is 512 g/mol. The Morgan fingerprint density at radius 3 is 1.26 bits per heavy atom. The standard InChI is InChI=1S/C32H36N2O4/c35-31(37-29(23-33-19-9-10-20-33)25-13-3-1-4-14-25)27-17-7-8-18-28(27)32(36)38-30(24-34-21-11-12-22-34)26-15-5-2-6-16-26/h1-8,13-18,29-30H,9-12,19-24H2. The second-order valence-corrected chi connectivity index (χ2v) is 10.2. The highest BCUT2D eigenvalue weighted by Crippen LogP contribution is 2.26. The second-order valence-electron chi connectivity index (χ2n) is 10.2. The van der Waals surface area contributed by atoms with Gasteiger partial charge in [-0.2, -0.15) is 0 Å². The molecule has 3 aromatic carbocycles. The minimum absolute atomic E-state index is 0.229. The summed E-state index contributed by atoms with van der Waals surface area (Å²) in [5, 5.41) is 0. The number of likely N-dealkylation sites (tertiary alicyclic amines) is 2. The lowest BCUT2D eigenvalue weighted by Crippen LogP contribution is -2.29. The molecule has 0 aromatic heterocycles. The predicted octanol–water partition coefficient (Wildman–Crippen LogP) is 5.67. The fourth-order valence-electron chi connectivity index (χ4n) is 5.38. The van der Waals surface area contributed by atoms with Crippen LogP contribution < -0.4 is 0 Å². The molecule has 6 nitrogen and oxygen atoms in total. The Hall–Kier alpha value is -3.48. The summed E-state index contributed by atoms with van der Waals surface area (Å²) in [7, 11) is 0. The summed E-state index contributed by atoms with van der Waals surface area (Å²) in [6.45, 7) is 5.27. The van der Waals surface area contributed by atoms with Gasteiger partial charge in [0.25, 0.3) is 0 Å². The van der Waals surface area contributed by atoms with Crippen molar-refractivity contribution in [2.45, 2.75) is 37.9 Å². The van der Waals surface area contributed by atoms with Crippen molar-refractivity contribution in [3.05, 3.63) is 107 Å². The molecule has 5 rings (SSSR count). The first kappa shape index (κ1) is 26.1. The van der Waals surface area contributed by atoms with Gasteiger partial charge in [0.2, 0.25) is 0 Å². The SMILES string of the molecule is O=C(OC(CN1CCCC1)c1ccccc1)c1ccccc1C(=O)OC(CN1CCCC1)c1ccccc1. The van der Waals surface area contributed by atoms with Crippen LogP contribution in [0.5, 0.6) is 0 Å². The number of rotatable bonds is 10. The van der Waals surface area contributed by atoms with Gasteiger partial charge in [0.05, 0.1) is 11.1 Å². The number of esters is 2. The molecule has 2 aliphatic rings. The van der Waals surface area contributed by atoms with Gasteiger partial charge in [-0.25, -0.2) is 9.59 Å². The number of hydrogen-bond acceptors (Lipinski definition) is 6. The van der Waals surface area contributed by atoms with Crippen LogP contribution in [0.15, 0.2) is 84.9 Å². The first-order valence-corrected chi connectivity index (χ1v) is 13.7. The lowest BCUT2D eigenvalue weighted by Gasteiger charge is -2.25. The van der Waals surface area contributed by atoms with Crippen LogP contribution >= 0.6 is 0 Å². The molecular weight excluding hydrogens is 476 g/mol. The van der Waals surface area contributed by atoms with Crippen LogP contribution in [0.2, 0.25) is 0 Å². The summed E-state index contributed by atoms with van der Waals surface area (Å²) >= 11 is 0. The van der Waals surface area contributed by atoms with Crippen LogP contribution in [0.25, 0.3) is 0 Å². The molecule has 0 amide bonds. The van der Waals surface area contributed by atoms with E-state index in [2.05, 4.69) is 9.80 Å². The van der Waals surface area contributed by atoms with E-state index >= 15 is 0 Å². The van der Waals surface area contributed by atoms with Crippen molar-refractivity contribution in [2.75, 3.05) is 39.3 Å². The molecule has 0 saturated carbocycles. The van der Waals surface area contributed by atoms with Crippen LogP contribution in [-0.2, 0) is 9.47 Å². The van der Waals surface area contributed by atoms with Gasteiger partial charge in [0, 0.05) is 13.1 Å². The molecule has 0 spiro atoms. The smallest absolute Gasteiger partial charge is 0.339 e. The quantitative estimate of drug-likeness (QED) is 0.326. The van der Waals surface area contributed by atoms with Crippen molar-refractivity contribution in [2.24, 2.45) is 0 Å². The number of carbonyl (C=O) groups is 2. The Kier molecular flexibility index (Phi) is 8.84. The first-order chi connectivity index (χ1) is 18.7. The number of hydrogen-bond donors (Lipinski definition) is 0. The maximum Gasteiger partial charge on any atom is 0.339 e. The third kappa shape index (κ3) is 6.69. The highest BCUT2D eigenvalue weighted by Gasteiger charge is 2.28. The molecule has 2 heterocycles. The topological polar surface area (TPSA) is 59.1 Å². The van der Waals surface area contributed by atoms with Crippen molar-refractivity contribution >= 4 is 11.9 Å². The number of carbonyl (C=O) groups excluding carboxylic acids is 2. The Balaban J connectivity index is 1.34. The summed E-state index contributed by atoms with van der Waals surface area (Å²) in [5.74, 6) is -1.03. The Morgan fingerprint density at radius 1 is 0.553 bits per heavy atom. The third-order valence-electron chi connectivity index (χ3n) is 7.45. The Morgan fingerprint density at radius 2 is 0.895 bits per heavy atom. The largest absolute Gasteiger partial charge is 0.452 e. The molecule has 0 aliphatic carbocycles. The van der Waals surface area contributed by atoms with Gasteiger partial charge >= 0.3 is 11.9 Å². The van der Waals surface area contributed by atoms with Gasteiger partial charge in [-0.1, -0.05) is 72.8 Å². The van der Waals surface area contributed by atoms with Crippen molar-refractivity contribution in [3.63, 3.8) is 0 Å². The second kappa shape index (κ2) is 12.9. The molecule has 2 fully saturated rings. The minimum atomic E-state index is -0.513. The Labute approximate surface area is 225 Å². The van der Waals surface area contributed by atoms with Gasteiger partial charge in [0.1, 0.15) is 12.2 Å². The fraction of sp³-hybridized carbons (Fsp3) is 0.375. The molecule has 3 aromatic rings. The molecule has 198 valence electrons. The highest BCUT2D eigenvalue weighted by atomic mass is 16.6. The Bertz CT molecular complexity index is 1090. The van der Waals surface area contributed by atoms with E-state index in [0.29, 0.717) is 13.1 Å². The average Bonchev–Trinajstić information content (AvgIpc) is 3.68. The molecular formula is C32H36N2O4. The van der Waals surface area contributed by atoms with E-state index in [4.69, 9.17) is 9.47 Å². The van der Waals surface area contributed by atoms with E-state index in [1.807, 2.05) is 60.7 Å². The molecule has 0 bridgehead atoms. The number of benzene rings is 3. The molecule has 2 unspecified atom stereocenters. The van der Waals surface area contributed by atoms with Gasteiger partial charge in [-0.15, -0.1) is 0 Å². The normalized spacial score (nSPS) is 17.7. The fourth-order valence-corrected chi connectivity index (χ4v) is 5.38. The maximum atomic E-state index is 13.5. The van der Waals surface area contributed by atoms with Crippen molar-refractivity contribution in [1.82, 2.24) is 9.80 Å². The van der Waals surface area contributed by atoms with E-state index in [-0.39, 0.29) is 11.1 Å². The zero-order valence-corrected chi connectivity index (χ0v) is 21.8. The molecule has 0 N–H and O–H groups in total. The van der Waals surface area contributed by atoms with Gasteiger partial charge in [-0.05, 0) is 75.1 Å². The van der Waals surface area contributed by atoms with Gasteiger partial charge < -0.3 is 9.47 Å². The van der Waals surface area contributed by atoms with E-state index in [1.54, 1.807) is 24.3 Å². The van der Waals surface area contributed by atoms with Crippen molar-refractivity contribution in [3.8, 4) is 0 Å². The van der Waals surface area contributed by atoms with Crippen LogP contribution in [0.4, 0.5) is 0 Å². The van der Waals surface area contributed by atoms with Crippen molar-refractivity contribution < 1.29 is 19.1 Å². The van der Waals surface area contributed by atoms with Gasteiger partial charge in [-0.3, -0.25) is 9.80 Å². The number of nitrogens with zero attached hydrogens (tertiary/aromatic N) is 2. The first-order valence-electron chi connectivity index (χ1n) is 13.7. The maximum absolute atomic E-state index is 13.5. The molecule has 0 radical (unpaired) electrons. The summed E-state index contributed by atoms with van der Waals surface area (Å²) in [6.07, 6.45) is 3.79. The summed E-state index contributed by atoms with van der Waals surface area (Å²) < 4.78 is 12.2. The minimum Gasteiger partial charge on any atom is -0.452 e. The summed E-state index contributed by atoms with van der Waals surface area (Å²) in [5.41, 5.74) is 2.35. The molecule has 6 heteroatoms. The molecule has 38 heavy (non-hydrogen) atoms. The average molecular weight is 513 g/mol. The lowest BCUT2D eigenvalue weighted by molar-refractivity contribution is 0.0170. The van der Waals surface area contributed by atoms with Crippen LogP contribution in [0.3, 0.4) is 0 Å². The predicted molar refractivity (Wildman–Crippen MR) is 147 cm³/mol. The van der Waals surface area contributed by atoms with E-state index in [0.717, 1.165) is 63.0 Å².